The van der Waals surface area contributed by atoms with Crippen molar-refractivity contribution in [3.63, 3.8) is 0 Å². The fourth-order valence-electron chi connectivity index (χ4n) is 2.74. The zero-order valence-corrected chi connectivity index (χ0v) is 12.7. The van der Waals surface area contributed by atoms with Gasteiger partial charge in [-0.2, -0.15) is 0 Å². The number of hydrogen-bond donors (Lipinski definition) is 2. The van der Waals surface area contributed by atoms with Crippen molar-refractivity contribution in [1.82, 2.24) is 0 Å². The smallest absolute Gasteiger partial charge is 0.129 e. The summed E-state index contributed by atoms with van der Waals surface area (Å²) in [6.07, 6.45) is 4.85. The second kappa shape index (κ2) is 7.43. The molecule has 1 aromatic rings. The fourth-order valence-corrected chi connectivity index (χ4v) is 2.74. The quantitative estimate of drug-likeness (QED) is 0.623. The molecule has 21 heavy (non-hydrogen) atoms. The summed E-state index contributed by atoms with van der Waals surface area (Å²) in [7, 11) is 3.33. The van der Waals surface area contributed by atoms with Gasteiger partial charge in [-0.15, -0.1) is 0 Å². The molecule has 2 rings (SSSR count). The van der Waals surface area contributed by atoms with Gasteiger partial charge in [0.15, 0.2) is 0 Å². The Bertz CT molecular complexity index is 490. The molecule has 0 aromatic heterocycles. The number of rotatable bonds is 6. The Morgan fingerprint density at radius 1 is 1.29 bits per heavy atom. The van der Waals surface area contributed by atoms with Crippen molar-refractivity contribution in [2.45, 2.75) is 44.5 Å². The highest BCUT2D eigenvalue weighted by Gasteiger charge is 2.22. The van der Waals surface area contributed by atoms with Crippen LogP contribution in [0.25, 0.3) is 0 Å². The number of benzene rings is 1. The largest absolute Gasteiger partial charge is 0.496 e. The molecule has 1 saturated carbocycles. The second-order valence-electron chi connectivity index (χ2n) is 5.41. The molecule has 1 aliphatic rings. The fraction of sp³-hybridized carbons (Fsp3) is 0.562. The maximum atomic E-state index is 7.60. The maximum Gasteiger partial charge on any atom is 0.129 e. The molecule has 5 heteroatoms. The van der Waals surface area contributed by atoms with Crippen molar-refractivity contribution in [3.8, 4) is 5.75 Å². The molecule has 3 N–H and O–H groups in total. The van der Waals surface area contributed by atoms with Crippen LogP contribution in [0.1, 0.15) is 36.8 Å². The van der Waals surface area contributed by atoms with Gasteiger partial charge in [-0.25, -0.2) is 0 Å². The van der Waals surface area contributed by atoms with Gasteiger partial charge in [0, 0.05) is 7.11 Å². The normalized spacial score (nSPS) is 22.0. The molecule has 2 atom stereocenters. The molecule has 2 unspecified atom stereocenters. The molecule has 0 saturated heterocycles. The molecule has 1 aliphatic carbocycles. The van der Waals surface area contributed by atoms with E-state index >= 15 is 0 Å². The highest BCUT2D eigenvalue weighted by Crippen LogP contribution is 2.25. The summed E-state index contributed by atoms with van der Waals surface area (Å²) in [6.45, 7) is 0.519. The minimum absolute atomic E-state index is 0.00538. The van der Waals surface area contributed by atoms with Gasteiger partial charge < -0.3 is 19.9 Å². The summed E-state index contributed by atoms with van der Waals surface area (Å²) >= 11 is 0. The van der Waals surface area contributed by atoms with E-state index in [0.29, 0.717) is 24.0 Å². The molecule has 0 spiro atoms. The van der Waals surface area contributed by atoms with Crippen LogP contribution >= 0.6 is 0 Å². The SMILES string of the molecule is COc1ccc(COC2CCCC(OC)C2)cc1C(=N)N. The van der Waals surface area contributed by atoms with E-state index < -0.39 is 0 Å². The molecule has 116 valence electrons. The van der Waals surface area contributed by atoms with Crippen molar-refractivity contribution in [2.24, 2.45) is 5.73 Å². The molecule has 5 nitrogen and oxygen atoms in total. The highest BCUT2D eigenvalue weighted by molar-refractivity contribution is 5.97. The Morgan fingerprint density at radius 2 is 2.05 bits per heavy atom. The van der Waals surface area contributed by atoms with Gasteiger partial charge in [0.2, 0.25) is 0 Å². The highest BCUT2D eigenvalue weighted by atomic mass is 16.5. The van der Waals surface area contributed by atoms with E-state index in [4.69, 9.17) is 25.4 Å². The van der Waals surface area contributed by atoms with E-state index in [1.807, 2.05) is 18.2 Å². The summed E-state index contributed by atoms with van der Waals surface area (Å²) in [6, 6.07) is 5.63. The van der Waals surface area contributed by atoms with Crippen LogP contribution in [0, 0.1) is 5.41 Å². The van der Waals surface area contributed by atoms with Crippen LogP contribution in [0.4, 0.5) is 0 Å². The third-order valence-electron chi connectivity index (χ3n) is 3.95. The van der Waals surface area contributed by atoms with Crippen molar-refractivity contribution in [1.29, 1.82) is 5.41 Å². The molecule has 0 radical (unpaired) electrons. The predicted molar refractivity (Wildman–Crippen MR) is 81.9 cm³/mol. The monoisotopic (exact) mass is 292 g/mol. The van der Waals surface area contributed by atoms with Crippen molar-refractivity contribution >= 4 is 5.84 Å². The molecule has 1 fully saturated rings. The first-order chi connectivity index (χ1) is 10.1. The third-order valence-corrected chi connectivity index (χ3v) is 3.95. The van der Waals surface area contributed by atoms with E-state index in [1.54, 1.807) is 14.2 Å². The van der Waals surface area contributed by atoms with Crippen molar-refractivity contribution in [3.05, 3.63) is 29.3 Å². The number of nitrogen functional groups attached to an aromatic ring is 1. The predicted octanol–water partition coefficient (Wildman–Crippen LogP) is 2.45. The molecule has 0 amide bonds. The standard InChI is InChI=1S/C16H24N2O3/c1-19-12-4-3-5-13(9-12)21-10-11-6-7-15(20-2)14(8-11)16(17)18/h6-8,12-13H,3-5,9-10H2,1-2H3,(H3,17,18). The van der Waals surface area contributed by atoms with E-state index in [1.165, 1.54) is 0 Å². The van der Waals surface area contributed by atoms with E-state index in [9.17, 15) is 0 Å². The van der Waals surface area contributed by atoms with E-state index in [2.05, 4.69) is 0 Å². The van der Waals surface area contributed by atoms with Gasteiger partial charge in [0.1, 0.15) is 11.6 Å². The van der Waals surface area contributed by atoms with Crippen LogP contribution in [-0.4, -0.2) is 32.3 Å². The van der Waals surface area contributed by atoms with E-state index in [0.717, 1.165) is 31.2 Å². The Balaban J connectivity index is 1.97. The lowest BCUT2D eigenvalue weighted by atomic mass is 9.95. The van der Waals surface area contributed by atoms with E-state index in [-0.39, 0.29) is 11.9 Å². The van der Waals surface area contributed by atoms with Gasteiger partial charge in [0.25, 0.3) is 0 Å². The number of nitrogens with two attached hydrogens (primary N) is 1. The van der Waals surface area contributed by atoms with Crippen LogP contribution in [0.5, 0.6) is 5.75 Å². The van der Waals surface area contributed by atoms with Gasteiger partial charge >= 0.3 is 0 Å². The topological polar surface area (TPSA) is 77.6 Å². The summed E-state index contributed by atoms with van der Waals surface area (Å²) in [5, 5.41) is 7.60. The van der Waals surface area contributed by atoms with Crippen LogP contribution in [-0.2, 0) is 16.1 Å². The Labute approximate surface area is 125 Å². The zero-order chi connectivity index (χ0) is 15.2. The minimum atomic E-state index is 0.00538. The molecule has 1 aromatic carbocycles. The lowest BCUT2D eigenvalue weighted by Crippen LogP contribution is -2.27. The number of nitrogens with one attached hydrogen (secondary N) is 1. The Kier molecular flexibility index (Phi) is 5.59. The third kappa shape index (κ3) is 4.19. The van der Waals surface area contributed by atoms with Gasteiger partial charge in [-0.05, 0) is 43.4 Å². The molecule has 0 heterocycles. The lowest BCUT2D eigenvalue weighted by molar-refractivity contribution is -0.0363. The Morgan fingerprint density at radius 3 is 2.71 bits per heavy atom. The average Bonchev–Trinajstić information content (AvgIpc) is 2.52. The van der Waals surface area contributed by atoms with Crippen LogP contribution in [0.15, 0.2) is 18.2 Å². The van der Waals surface area contributed by atoms with Gasteiger partial charge in [-0.3, -0.25) is 5.41 Å². The first-order valence-corrected chi connectivity index (χ1v) is 7.29. The van der Waals surface area contributed by atoms with Crippen LogP contribution in [0.2, 0.25) is 0 Å². The first kappa shape index (κ1) is 15.8. The molecular formula is C16H24N2O3. The van der Waals surface area contributed by atoms with Gasteiger partial charge in [-0.1, -0.05) is 6.07 Å². The average molecular weight is 292 g/mol. The van der Waals surface area contributed by atoms with Crippen molar-refractivity contribution in [2.75, 3.05) is 14.2 Å². The summed E-state index contributed by atoms with van der Waals surface area (Å²) < 4.78 is 16.6. The number of hydrogen-bond acceptors (Lipinski definition) is 4. The molecule has 0 aliphatic heterocycles. The molecule has 0 bridgehead atoms. The maximum absolute atomic E-state index is 7.60. The minimum Gasteiger partial charge on any atom is -0.496 e. The van der Waals surface area contributed by atoms with Gasteiger partial charge in [0.05, 0.1) is 31.5 Å². The Hall–Kier alpha value is -1.59. The van der Waals surface area contributed by atoms with Crippen LogP contribution < -0.4 is 10.5 Å². The summed E-state index contributed by atoms with van der Waals surface area (Å²) in [5.74, 6) is 0.620. The summed E-state index contributed by atoms with van der Waals surface area (Å²) in [4.78, 5) is 0. The first-order valence-electron chi connectivity index (χ1n) is 7.29. The lowest BCUT2D eigenvalue weighted by Gasteiger charge is -2.28. The number of amidine groups is 1. The van der Waals surface area contributed by atoms with Crippen LogP contribution in [0.3, 0.4) is 0 Å². The summed E-state index contributed by atoms with van der Waals surface area (Å²) in [5.41, 5.74) is 7.19. The second-order valence-corrected chi connectivity index (χ2v) is 5.41. The van der Waals surface area contributed by atoms with Crippen molar-refractivity contribution < 1.29 is 14.2 Å². The molecular weight excluding hydrogens is 268 g/mol. The number of ether oxygens (including phenoxy) is 3. The zero-order valence-electron chi connectivity index (χ0n) is 12.7. The number of methoxy groups -OCH3 is 2.